The molecule has 0 fully saturated rings. The van der Waals surface area contributed by atoms with Crippen molar-refractivity contribution < 1.29 is 17.6 Å². The number of nitrogens with two attached hydrogens (primary N) is 1. The molecular formula is C21H22ClN3O4S. The van der Waals surface area contributed by atoms with Gasteiger partial charge >= 0.3 is 0 Å². The molecule has 0 aliphatic carbocycles. The first kappa shape index (κ1) is 22.0. The molecule has 3 rings (SSSR count). The first-order chi connectivity index (χ1) is 14.1. The van der Waals surface area contributed by atoms with E-state index in [0.29, 0.717) is 28.7 Å². The van der Waals surface area contributed by atoms with Crippen LogP contribution >= 0.6 is 11.6 Å². The van der Waals surface area contributed by atoms with Crippen LogP contribution in [0, 0.1) is 0 Å². The van der Waals surface area contributed by atoms with Crippen LogP contribution in [0.15, 0.2) is 64.0 Å². The number of rotatable bonds is 7. The first-order valence-electron chi connectivity index (χ1n) is 9.24. The zero-order valence-corrected chi connectivity index (χ0v) is 18.2. The summed E-state index contributed by atoms with van der Waals surface area (Å²) in [5, 5.41) is 5.83. The lowest BCUT2D eigenvalue weighted by Crippen LogP contribution is -2.30. The van der Waals surface area contributed by atoms with Gasteiger partial charge in [0.25, 0.3) is 0 Å². The van der Waals surface area contributed by atoms with Crippen molar-refractivity contribution in [3.05, 3.63) is 71.2 Å². The second-order valence-corrected chi connectivity index (χ2v) is 8.92. The summed E-state index contributed by atoms with van der Waals surface area (Å²) >= 11 is 5.89. The third kappa shape index (κ3) is 5.27. The van der Waals surface area contributed by atoms with Crippen molar-refractivity contribution in [2.75, 3.05) is 7.05 Å². The molecule has 1 unspecified atom stereocenters. The number of oxazole rings is 1. The van der Waals surface area contributed by atoms with E-state index in [1.165, 1.54) is 12.1 Å². The molecule has 1 aromatic heterocycles. The average molecular weight is 448 g/mol. The molecule has 0 bridgehead atoms. The Hall–Kier alpha value is -2.68. The molecule has 0 radical (unpaired) electrons. The van der Waals surface area contributed by atoms with Gasteiger partial charge in [0.2, 0.25) is 15.9 Å². The molecule has 0 aliphatic heterocycles. The quantitative estimate of drug-likeness (QED) is 0.592. The van der Waals surface area contributed by atoms with Gasteiger partial charge in [-0.2, -0.15) is 0 Å². The van der Waals surface area contributed by atoms with E-state index in [-0.39, 0.29) is 23.3 Å². The number of carbonyl (C=O) groups excluding carboxylic acids is 1. The largest absolute Gasteiger partial charge is 0.441 e. The van der Waals surface area contributed by atoms with Gasteiger partial charge in [0.15, 0.2) is 11.7 Å². The Balaban J connectivity index is 1.63. The van der Waals surface area contributed by atoms with Crippen LogP contribution < -0.4 is 5.14 Å². The predicted octanol–water partition coefficient (Wildman–Crippen LogP) is 3.79. The summed E-state index contributed by atoms with van der Waals surface area (Å²) in [5.41, 5.74) is 1.53. The van der Waals surface area contributed by atoms with Gasteiger partial charge in [-0.1, -0.05) is 23.7 Å². The van der Waals surface area contributed by atoms with Crippen LogP contribution in [-0.2, 0) is 21.2 Å². The lowest BCUT2D eigenvalue weighted by molar-refractivity contribution is -0.131. The van der Waals surface area contributed by atoms with E-state index in [2.05, 4.69) is 4.98 Å². The topological polar surface area (TPSA) is 106 Å². The number of aromatic nitrogens is 1. The molecule has 0 saturated carbocycles. The summed E-state index contributed by atoms with van der Waals surface area (Å²) < 4.78 is 28.9. The van der Waals surface area contributed by atoms with Crippen LogP contribution in [0.5, 0.6) is 0 Å². The van der Waals surface area contributed by atoms with Crippen molar-refractivity contribution in [2.24, 2.45) is 5.14 Å². The van der Waals surface area contributed by atoms with Crippen LogP contribution in [-0.4, -0.2) is 31.3 Å². The van der Waals surface area contributed by atoms with Gasteiger partial charge in [0.1, 0.15) is 0 Å². The summed E-state index contributed by atoms with van der Waals surface area (Å²) in [5.74, 6) is 0.955. The smallest absolute Gasteiger partial charge is 0.238 e. The molecule has 9 heteroatoms. The minimum Gasteiger partial charge on any atom is -0.441 e. The monoisotopic (exact) mass is 447 g/mol. The maximum absolute atomic E-state index is 12.6. The van der Waals surface area contributed by atoms with Crippen molar-refractivity contribution in [1.29, 1.82) is 0 Å². The highest BCUT2D eigenvalue weighted by Crippen LogP contribution is 2.24. The van der Waals surface area contributed by atoms with Gasteiger partial charge in [0, 0.05) is 30.5 Å². The van der Waals surface area contributed by atoms with Gasteiger partial charge in [-0.3, -0.25) is 4.79 Å². The Bertz CT molecular complexity index is 1140. The number of carbonyl (C=O) groups is 1. The number of aryl methyl sites for hydroxylation is 1. The van der Waals surface area contributed by atoms with Crippen molar-refractivity contribution in [3.63, 3.8) is 0 Å². The van der Waals surface area contributed by atoms with Crippen LogP contribution in [0.2, 0.25) is 5.02 Å². The van der Waals surface area contributed by atoms with E-state index in [1.54, 1.807) is 42.4 Å². The molecule has 0 spiro atoms. The van der Waals surface area contributed by atoms with E-state index in [9.17, 15) is 13.2 Å². The van der Waals surface area contributed by atoms with Crippen molar-refractivity contribution in [2.45, 2.75) is 30.7 Å². The van der Waals surface area contributed by atoms with Gasteiger partial charge < -0.3 is 9.32 Å². The molecule has 3 aromatic rings. The number of amides is 1. The number of nitrogens with zero attached hydrogens (tertiary/aromatic N) is 2. The Morgan fingerprint density at radius 1 is 1.23 bits per heavy atom. The molecule has 0 saturated heterocycles. The minimum absolute atomic E-state index is 0.0159. The lowest BCUT2D eigenvalue weighted by atomic mass is 10.1. The molecule has 1 atom stereocenters. The van der Waals surface area contributed by atoms with Gasteiger partial charge in [0.05, 0.1) is 17.1 Å². The zero-order chi connectivity index (χ0) is 21.9. The molecule has 7 nitrogen and oxygen atoms in total. The van der Waals surface area contributed by atoms with Crippen LogP contribution in [0.4, 0.5) is 0 Å². The Morgan fingerprint density at radius 3 is 2.60 bits per heavy atom. The van der Waals surface area contributed by atoms with Crippen LogP contribution in [0.3, 0.4) is 0 Å². The van der Waals surface area contributed by atoms with E-state index in [4.69, 9.17) is 21.2 Å². The summed E-state index contributed by atoms with van der Waals surface area (Å²) in [6.07, 6.45) is 2.17. The van der Waals surface area contributed by atoms with E-state index in [1.807, 2.05) is 19.1 Å². The summed E-state index contributed by atoms with van der Waals surface area (Å²) in [4.78, 5) is 18.4. The number of halogens is 1. The van der Waals surface area contributed by atoms with Gasteiger partial charge in [-0.25, -0.2) is 18.5 Å². The summed E-state index contributed by atoms with van der Waals surface area (Å²) in [6.45, 7) is 1.82. The fourth-order valence-electron chi connectivity index (χ4n) is 2.95. The molecule has 2 aromatic carbocycles. The molecule has 2 N–H and O–H groups in total. The third-order valence-electron chi connectivity index (χ3n) is 4.88. The normalized spacial score (nSPS) is 12.5. The van der Waals surface area contributed by atoms with Crippen molar-refractivity contribution in [3.8, 4) is 11.3 Å². The predicted molar refractivity (Wildman–Crippen MR) is 114 cm³/mol. The van der Waals surface area contributed by atoms with Gasteiger partial charge in [-0.05, 0) is 48.9 Å². The molecule has 1 amide bonds. The standard InChI is InChI=1S/C21H22ClN3O4S/c1-14(16-4-3-5-18(12-16)30(23,27)28)25(2)21(26)11-10-20-24-13-19(29-20)15-6-8-17(22)9-7-15/h3-9,12-14H,10-11H2,1-2H3,(H2,23,27,28). The zero-order valence-electron chi connectivity index (χ0n) is 16.6. The highest BCUT2D eigenvalue weighted by atomic mass is 35.5. The average Bonchev–Trinajstić information content (AvgIpc) is 3.20. The number of primary sulfonamides is 1. The Labute approximate surface area is 180 Å². The molecule has 30 heavy (non-hydrogen) atoms. The van der Waals surface area contributed by atoms with E-state index in [0.717, 1.165) is 5.56 Å². The second-order valence-electron chi connectivity index (χ2n) is 6.92. The molecule has 0 aliphatic rings. The SMILES string of the molecule is CC(c1cccc(S(N)(=O)=O)c1)N(C)C(=O)CCc1ncc(-c2ccc(Cl)cc2)o1. The van der Waals surface area contributed by atoms with E-state index >= 15 is 0 Å². The molecule has 1 heterocycles. The van der Waals surface area contributed by atoms with Crippen molar-refractivity contribution in [1.82, 2.24) is 9.88 Å². The van der Waals surface area contributed by atoms with Crippen LogP contribution in [0.1, 0.15) is 30.8 Å². The number of hydrogen-bond donors (Lipinski definition) is 1. The van der Waals surface area contributed by atoms with Crippen LogP contribution in [0.25, 0.3) is 11.3 Å². The minimum atomic E-state index is -3.81. The Morgan fingerprint density at radius 2 is 1.93 bits per heavy atom. The molecular weight excluding hydrogens is 426 g/mol. The highest BCUT2D eigenvalue weighted by molar-refractivity contribution is 7.89. The highest BCUT2D eigenvalue weighted by Gasteiger charge is 2.20. The number of benzene rings is 2. The Kier molecular flexibility index (Phi) is 6.60. The van der Waals surface area contributed by atoms with Gasteiger partial charge in [-0.15, -0.1) is 0 Å². The maximum atomic E-state index is 12.6. The third-order valence-corrected chi connectivity index (χ3v) is 6.04. The maximum Gasteiger partial charge on any atom is 0.238 e. The summed E-state index contributed by atoms with van der Waals surface area (Å²) in [7, 11) is -2.13. The van der Waals surface area contributed by atoms with Crippen molar-refractivity contribution >= 4 is 27.5 Å². The fourth-order valence-corrected chi connectivity index (χ4v) is 3.65. The second kappa shape index (κ2) is 8.99. The fraction of sp³-hybridized carbons (Fsp3) is 0.238. The number of sulfonamides is 1. The summed E-state index contributed by atoms with van der Waals surface area (Å²) in [6, 6.07) is 13.2. The molecule has 158 valence electrons. The first-order valence-corrected chi connectivity index (χ1v) is 11.2. The van der Waals surface area contributed by atoms with E-state index < -0.39 is 10.0 Å². The number of hydrogen-bond acceptors (Lipinski definition) is 5. The lowest BCUT2D eigenvalue weighted by Gasteiger charge is -2.25.